The van der Waals surface area contributed by atoms with Crippen LogP contribution >= 0.6 is 0 Å². The van der Waals surface area contributed by atoms with Crippen LogP contribution in [-0.2, 0) is 6.42 Å². The number of unbranched alkanes of at least 4 members (excludes halogenated alkanes) is 5. The Morgan fingerprint density at radius 2 is 1.48 bits per heavy atom. The Morgan fingerprint density at radius 3 is 2.38 bits per heavy atom. The van der Waals surface area contributed by atoms with Gasteiger partial charge in [0.2, 0.25) is 0 Å². The number of hydrogen-bond acceptors (Lipinski definition) is 0. The van der Waals surface area contributed by atoms with Crippen LogP contribution in [-0.4, -0.2) is 0 Å². The molecule has 1 aliphatic rings. The number of benzene rings is 2. The molecule has 21 heavy (non-hydrogen) atoms. The molecule has 3 rings (SSSR count). The van der Waals surface area contributed by atoms with Crippen molar-refractivity contribution in [3.63, 3.8) is 0 Å². The van der Waals surface area contributed by atoms with Crippen LogP contribution in [0.3, 0.4) is 0 Å². The van der Waals surface area contributed by atoms with Crippen LogP contribution < -0.4 is 0 Å². The molecule has 0 saturated carbocycles. The van der Waals surface area contributed by atoms with E-state index in [1.807, 2.05) is 0 Å². The summed E-state index contributed by atoms with van der Waals surface area (Å²) in [5.74, 6) is 0. The minimum absolute atomic E-state index is 1.23. The molecular formula is C21H25. The van der Waals surface area contributed by atoms with Crippen molar-refractivity contribution in [1.29, 1.82) is 0 Å². The smallest absolute Gasteiger partial charge is 0.0212 e. The van der Waals surface area contributed by atoms with E-state index in [9.17, 15) is 0 Å². The van der Waals surface area contributed by atoms with E-state index in [0.29, 0.717) is 0 Å². The first-order chi connectivity index (χ1) is 10.4. The average Bonchev–Trinajstić information content (AvgIpc) is 2.88. The van der Waals surface area contributed by atoms with Crippen molar-refractivity contribution in [1.82, 2.24) is 0 Å². The first-order valence-corrected chi connectivity index (χ1v) is 8.45. The van der Waals surface area contributed by atoms with E-state index in [-0.39, 0.29) is 0 Å². The maximum Gasteiger partial charge on any atom is 0.0212 e. The largest absolute Gasteiger partial charge is 0.0654 e. The van der Waals surface area contributed by atoms with Crippen LogP contribution in [0.4, 0.5) is 0 Å². The van der Waals surface area contributed by atoms with E-state index in [2.05, 4.69) is 55.8 Å². The molecule has 2 aromatic rings. The van der Waals surface area contributed by atoms with Gasteiger partial charge in [-0.1, -0.05) is 81.5 Å². The molecule has 0 spiro atoms. The van der Waals surface area contributed by atoms with Crippen molar-refractivity contribution in [2.45, 2.75) is 51.9 Å². The summed E-state index contributed by atoms with van der Waals surface area (Å²) in [5.41, 5.74) is 7.05. The Bertz CT molecular complexity index is 595. The van der Waals surface area contributed by atoms with Crippen LogP contribution in [0, 0.1) is 6.42 Å². The van der Waals surface area contributed by atoms with Crippen molar-refractivity contribution < 1.29 is 0 Å². The maximum atomic E-state index is 2.39. The van der Waals surface area contributed by atoms with Gasteiger partial charge in [-0.15, -0.1) is 0 Å². The number of fused-ring (bicyclic) bond motifs is 3. The molecule has 0 atom stereocenters. The average molecular weight is 277 g/mol. The molecule has 1 aliphatic carbocycles. The molecule has 109 valence electrons. The standard InChI is InChI=1S/C21H25/c1-2-3-4-5-6-7-10-17-13-14-21-19(15-17)16-18-11-8-9-12-20(18)21/h8-9,11-16H,2-7,10H2,1H3. The van der Waals surface area contributed by atoms with Gasteiger partial charge in [-0.05, 0) is 40.7 Å². The highest BCUT2D eigenvalue weighted by Crippen LogP contribution is 2.38. The van der Waals surface area contributed by atoms with Crippen molar-refractivity contribution in [3.05, 3.63) is 65.6 Å². The van der Waals surface area contributed by atoms with Crippen LogP contribution in [0.2, 0.25) is 0 Å². The Balaban J connectivity index is 1.57. The number of aryl methyl sites for hydroxylation is 1. The first-order valence-electron chi connectivity index (χ1n) is 8.45. The molecule has 0 saturated heterocycles. The molecule has 0 amide bonds. The minimum atomic E-state index is 1.23. The minimum Gasteiger partial charge on any atom is -0.0654 e. The Hall–Kier alpha value is -1.56. The summed E-state index contributed by atoms with van der Waals surface area (Å²) in [6.07, 6.45) is 11.8. The van der Waals surface area contributed by atoms with Crippen molar-refractivity contribution in [2.75, 3.05) is 0 Å². The van der Waals surface area contributed by atoms with E-state index >= 15 is 0 Å². The normalized spacial score (nSPS) is 12.2. The zero-order chi connectivity index (χ0) is 14.5. The highest BCUT2D eigenvalue weighted by molar-refractivity contribution is 5.81. The lowest BCUT2D eigenvalue weighted by Crippen LogP contribution is -1.88. The molecule has 0 heterocycles. The van der Waals surface area contributed by atoms with Crippen LogP contribution in [0.1, 0.15) is 62.1 Å². The molecule has 0 N–H and O–H groups in total. The maximum absolute atomic E-state index is 2.39. The molecule has 0 heteroatoms. The molecular weight excluding hydrogens is 252 g/mol. The molecule has 0 fully saturated rings. The van der Waals surface area contributed by atoms with Gasteiger partial charge in [-0.25, -0.2) is 0 Å². The van der Waals surface area contributed by atoms with Gasteiger partial charge in [0, 0.05) is 6.42 Å². The van der Waals surface area contributed by atoms with Crippen LogP contribution in [0.5, 0.6) is 0 Å². The third-order valence-electron chi connectivity index (χ3n) is 4.50. The predicted molar refractivity (Wildman–Crippen MR) is 91.5 cm³/mol. The molecule has 2 aromatic carbocycles. The summed E-state index contributed by atoms with van der Waals surface area (Å²) in [5, 5.41) is 0. The zero-order valence-corrected chi connectivity index (χ0v) is 13.1. The Kier molecular flexibility index (Phi) is 4.75. The predicted octanol–water partition coefficient (Wildman–Crippen LogP) is 6.17. The van der Waals surface area contributed by atoms with Gasteiger partial charge in [-0.3, -0.25) is 0 Å². The molecule has 0 bridgehead atoms. The summed E-state index contributed by atoms with van der Waals surface area (Å²) >= 11 is 0. The van der Waals surface area contributed by atoms with Crippen LogP contribution in [0.25, 0.3) is 11.1 Å². The topological polar surface area (TPSA) is 0 Å². The van der Waals surface area contributed by atoms with Gasteiger partial charge in [0.25, 0.3) is 0 Å². The Morgan fingerprint density at radius 1 is 0.714 bits per heavy atom. The number of hydrogen-bond donors (Lipinski definition) is 0. The summed E-state index contributed by atoms with van der Waals surface area (Å²) in [7, 11) is 0. The third kappa shape index (κ3) is 3.37. The summed E-state index contributed by atoms with van der Waals surface area (Å²) in [6.45, 7) is 2.28. The van der Waals surface area contributed by atoms with Gasteiger partial charge in [-0.2, -0.15) is 0 Å². The second kappa shape index (κ2) is 6.93. The monoisotopic (exact) mass is 277 g/mol. The van der Waals surface area contributed by atoms with E-state index in [0.717, 1.165) is 0 Å². The third-order valence-corrected chi connectivity index (χ3v) is 4.50. The Labute approximate surface area is 129 Å². The van der Waals surface area contributed by atoms with E-state index < -0.39 is 0 Å². The molecule has 0 aliphatic heterocycles. The molecule has 1 radical (unpaired) electrons. The fourth-order valence-corrected chi connectivity index (χ4v) is 3.28. The first kappa shape index (κ1) is 14.4. The van der Waals surface area contributed by atoms with E-state index in [1.54, 1.807) is 0 Å². The molecule has 0 aromatic heterocycles. The fraction of sp³-hybridized carbons (Fsp3) is 0.381. The second-order valence-electron chi connectivity index (χ2n) is 6.17. The second-order valence-corrected chi connectivity index (χ2v) is 6.17. The van der Waals surface area contributed by atoms with Gasteiger partial charge < -0.3 is 0 Å². The van der Waals surface area contributed by atoms with Crippen LogP contribution in [0.15, 0.2) is 42.5 Å². The lowest BCUT2D eigenvalue weighted by Gasteiger charge is -2.05. The van der Waals surface area contributed by atoms with Gasteiger partial charge >= 0.3 is 0 Å². The lowest BCUT2D eigenvalue weighted by atomic mass is 10.00. The van der Waals surface area contributed by atoms with Crippen molar-refractivity contribution in [3.8, 4) is 11.1 Å². The number of rotatable bonds is 7. The van der Waals surface area contributed by atoms with Gasteiger partial charge in [0.15, 0.2) is 0 Å². The van der Waals surface area contributed by atoms with Crippen molar-refractivity contribution in [2.24, 2.45) is 0 Å². The van der Waals surface area contributed by atoms with Gasteiger partial charge in [0.1, 0.15) is 0 Å². The fourth-order valence-electron chi connectivity index (χ4n) is 3.28. The zero-order valence-electron chi connectivity index (χ0n) is 13.1. The summed E-state index contributed by atoms with van der Waals surface area (Å²) < 4.78 is 0. The lowest BCUT2D eigenvalue weighted by molar-refractivity contribution is 0.607. The van der Waals surface area contributed by atoms with Gasteiger partial charge in [0.05, 0.1) is 0 Å². The van der Waals surface area contributed by atoms with Crippen molar-refractivity contribution >= 4 is 0 Å². The highest BCUT2D eigenvalue weighted by atomic mass is 14.2. The summed E-state index contributed by atoms with van der Waals surface area (Å²) in [4.78, 5) is 0. The molecule has 0 nitrogen and oxygen atoms in total. The SMILES string of the molecule is CCCCCCCCc1ccc2c(c1)[CH]c1ccccc1-2. The molecule has 0 unspecified atom stereocenters. The highest BCUT2D eigenvalue weighted by Gasteiger charge is 2.17. The quantitative estimate of drug-likeness (QED) is 0.453. The van der Waals surface area contributed by atoms with E-state index in [4.69, 9.17) is 0 Å². The summed E-state index contributed by atoms with van der Waals surface area (Å²) in [6, 6.07) is 15.7. The van der Waals surface area contributed by atoms with E-state index in [1.165, 1.54) is 72.8 Å².